The van der Waals surface area contributed by atoms with Crippen LogP contribution in [-0.4, -0.2) is 19.7 Å². The molecule has 0 fully saturated rings. The zero-order valence-corrected chi connectivity index (χ0v) is 21.3. The van der Waals surface area contributed by atoms with E-state index in [1.807, 2.05) is 37.3 Å². The molecule has 6 rings (SSSR count). The second kappa shape index (κ2) is 8.62. The molecule has 2 aromatic heterocycles. The number of allylic oxidation sites excluding steroid dienone is 1. The molecule has 5 aromatic rings. The summed E-state index contributed by atoms with van der Waals surface area (Å²) in [4.78, 5) is 19.3. The first kappa shape index (κ1) is 23.0. The topological polar surface area (TPSA) is 85.9 Å². The predicted molar refractivity (Wildman–Crippen MR) is 143 cm³/mol. The number of hydrogen-bond acceptors (Lipinski definition) is 5. The summed E-state index contributed by atoms with van der Waals surface area (Å²) >= 11 is 0. The first-order valence-corrected chi connectivity index (χ1v) is 12.4. The maximum absolute atomic E-state index is 11.7. The number of H-pyrrole nitrogens is 1. The van der Waals surface area contributed by atoms with Crippen LogP contribution in [0, 0.1) is 0 Å². The number of para-hydroxylation sites is 3. The summed E-state index contributed by atoms with van der Waals surface area (Å²) in [5, 5.41) is 3.94. The monoisotopic (exact) mass is 492 g/mol. The van der Waals surface area contributed by atoms with Crippen LogP contribution >= 0.6 is 0 Å². The Hall–Kier alpha value is -4.39. The SMILES string of the molecule is C/C(=C1\c2ccc(Cn3c(C(C)(C)C)nc4ccccc43)cc2COc2ccccc21)c1noc(=O)[nH]1. The van der Waals surface area contributed by atoms with Gasteiger partial charge in [0.15, 0.2) is 5.82 Å². The number of aromatic amines is 1. The molecular weight excluding hydrogens is 464 g/mol. The van der Waals surface area contributed by atoms with Gasteiger partial charge in [0.05, 0.1) is 11.0 Å². The molecule has 186 valence electrons. The van der Waals surface area contributed by atoms with E-state index in [9.17, 15) is 4.79 Å². The average molecular weight is 493 g/mol. The van der Waals surface area contributed by atoms with Crippen LogP contribution < -0.4 is 10.5 Å². The second-order valence-electron chi connectivity index (χ2n) is 10.5. The van der Waals surface area contributed by atoms with Crippen molar-refractivity contribution in [3.8, 4) is 5.75 Å². The molecule has 3 aromatic carbocycles. The molecule has 1 aliphatic heterocycles. The molecule has 0 unspecified atom stereocenters. The van der Waals surface area contributed by atoms with Gasteiger partial charge in [-0.2, -0.15) is 0 Å². The number of rotatable bonds is 3. The third kappa shape index (κ3) is 4.06. The average Bonchev–Trinajstić information content (AvgIpc) is 3.44. The molecule has 0 spiro atoms. The Morgan fingerprint density at radius 2 is 1.81 bits per heavy atom. The van der Waals surface area contributed by atoms with E-state index >= 15 is 0 Å². The van der Waals surface area contributed by atoms with E-state index in [0.717, 1.165) is 56.0 Å². The second-order valence-corrected chi connectivity index (χ2v) is 10.5. The Bertz CT molecular complexity index is 1730. The first-order chi connectivity index (χ1) is 17.8. The molecule has 7 heteroatoms. The summed E-state index contributed by atoms with van der Waals surface area (Å²) < 4.78 is 13.4. The molecule has 1 N–H and O–H groups in total. The standard InChI is InChI=1S/C30H28N4O3/c1-18(27-32-29(35)37-33-27)26-21-14-13-19(15-20(21)17-36-25-12-8-5-9-22(25)26)16-34-24-11-7-6-10-23(24)31-28(34)30(2,3)4/h5-15H,16-17H2,1-4H3,(H,32,33,35)/b26-18-. The van der Waals surface area contributed by atoms with Gasteiger partial charge < -0.3 is 9.30 Å². The molecule has 0 atom stereocenters. The fourth-order valence-corrected chi connectivity index (χ4v) is 5.11. The van der Waals surface area contributed by atoms with Gasteiger partial charge in [0.1, 0.15) is 18.2 Å². The van der Waals surface area contributed by atoms with Crippen LogP contribution in [-0.2, 0) is 18.6 Å². The van der Waals surface area contributed by atoms with Gasteiger partial charge in [0.25, 0.3) is 0 Å². The van der Waals surface area contributed by atoms with Crippen molar-refractivity contribution in [2.24, 2.45) is 0 Å². The molecule has 0 bridgehead atoms. The Morgan fingerprint density at radius 1 is 1.03 bits per heavy atom. The highest BCUT2D eigenvalue weighted by molar-refractivity contribution is 5.99. The number of aromatic nitrogens is 4. The van der Waals surface area contributed by atoms with Crippen LogP contribution in [0.25, 0.3) is 22.2 Å². The lowest BCUT2D eigenvalue weighted by molar-refractivity contribution is 0.307. The summed E-state index contributed by atoms with van der Waals surface area (Å²) in [6, 6.07) is 22.7. The van der Waals surface area contributed by atoms with Gasteiger partial charge in [-0.1, -0.05) is 68.4 Å². The highest BCUT2D eigenvalue weighted by Gasteiger charge is 2.25. The summed E-state index contributed by atoms with van der Waals surface area (Å²) in [5.74, 6) is 1.67. The predicted octanol–water partition coefficient (Wildman–Crippen LogP) is 5.93. The zero-order chi connectivity index (χ0) is 25.7. The van der Waals surface area contributed by atoms with Crippen LogP contribution in [0.2, 0.25) is 0 Å². The van der Waals surface area contributed by atoms with Crippen LogP contribution in [0.3, 0.4) is 0 Å². The Morgan fingerprint density at radius 3 is 2.59 bits per heavy atom. The number of imidazole rings is 1. The molecule has 0 aliphatic carbocycles. The Labute approximate surface area is 214 Å². The van der Waals surface area contributed by atoms with E-state index in [4.69, 9.17) is 14.2 Å². The van der Waals surface area contributed by atoms with Gasteiger partial charge in [-0.25, -0.2) is 9.78 Å². The number of ether oxygens (including phenoxy) is 1. The molecule has 7 nitrogen and oxygen atoms in total. The highest BCUT2D eigenvalue weighted by Crippen LogP contribution is 2.40. The number of nitrogens with one attached hydrogen (secondary N) is 1. The normalized spacial score (nSPS) is 14.6. The van der Waals surface area contributed by atoms with E-state index in [0.29, 0.717) is 19.0 Å². The molecular formula is C30H28N4O3. The quantitative estimate of drug-likeness (QED) is 0.337. The van der Waals surface area contributed by atoms with Crippen molar-refractivity contribution >= 4 is 22.2 Å². The van der Waals surface area contributed by atoms with Crippen LogP contribution in [0.5, 0.6) is 5.75 Å². The van der Waals surface area contributed by atoms with Crippen LogP contribution in [0.15, 0.2) is 76.0 Å². The minimum absolute atomic E-state index is 0.100. The van der Waals surface area contributed by atoms with Gasteiger partial charge >= 0.3 is 5.76 Å². The van der Waals surface area contributed by atoms with Gasteiger partial charge in [-0.05, 0) is 53.5 Å². The van der Waals surface area contributed by atoms with Crippen molar-refractivity contribution in [1.82, 2.24) is 19.7 Å². The minimum Gasteiger partial charge on any atom is -0.488 e. The summed E-state index contributed by atoms with van der Waals surface area (Å²) in [6.45, 7) is 9.66. The minimum atomic E-state index is -0.578. The fraction of sp³-hybridized carbons (Fsp3) is 0.233. The van der Waals surface area contributed by atoms with E-state index in [1.54, 1.807) is 0 Å². The zero-order valence-electron chi connectivity index (χ0n) is 21.3. The van der Waals surface area contributed by atoms with Crippen LogP contribution in [0.4, 0.5) is 0 Å². The molecule has 0 radical (unpaired) electrons. The van der Waals surface area contributed by atoms with Crippen molar-refractivity contribution in [3.63, 3.8) is 0 Å². The summed E-state index contributed by atoms with van der Waals surface area (Å²) in [5.41, 5.74) is 8.02. The third-order valence-electron chi connectivity index (χ3n) is 6.82. The molecule has 3 heterocycles. The number of benzene rings is 3. The van der Waals surface area contributed by atoms with Gasteiger partial charge in [-0.15, -0.1) is 0 Å². The highest BCUT2D eigenvalue weighted by atomic mass is 16.5. The van der Waals surface area contributed by atoms with E-state index < -0.39 is 5.76 Å². The van der Waals surface area contributed by atoms with Crippen molar-refractivity contribution < 1.29 is 9.26 Å². The van der Waals surface area contributed by atoms with Crippen molar-refractivity contribution in [2.75, 3.05) is 0 Å². The van der Waals surface area contributed by atoms with Gasteiger partial charge in [0.2, 0.25) is 0 Å². The maximum atomic E-state index is 11.7. The molecule has 0 saturated carbocycles. The third-order valence-corrected chi connectivity index (χ3v) is 6.82. The largest absolute Gasteiger partial charge is 0.488 e. The number of fused-ring (bicyclic) bond motifs is 3. The van der Waals surface area contributed by atoms with Crippen molar-refractivity contribution in [1.29, 1.82) is 0 Å². The molecule has 37 heavy (non-hydrogen) atoms. The van der Waals surface area contributed by atoms with E-state index in [-0.39, 0.29) is 5.41 Å². The Balaban J connectivity index is 1.49. The van der Waals surface area contributed by atoms with E-state index in [2.05, 4.69) is 71.9 Å². The fourth-order valence-electron chi connectivity index (χ4n) is 5.11. The lowest BCUT2D eigenvalue weighted by Crippen LogP contribution is -2.19. The maximum Gasteiger partial charge on any atom is 0.439 e. The van der Waals surface area contributed by atoms with E-state index in [1.165, 1.54) is 0 Å². The van der Waals surface area contributed by atoms with Crippen molar-refractivity contribution in [3.05, 3.63) is 111 Å². The summed E-state index contributed by atoms with van der Waals surface area (Å²) in [6.07, 6.45) is 0. The molecule has 1 aliphatic rings. The molecule has 0 amide bonds. The Kier molecular flexibility index (Phi) is 5.37. The van der Waals surface area contributed by atoms with Crippen molar-refractivity contribution in [2.45, 2.75) is 46.3 Å². The number of nitrogens with zero attached hydrogens (tertiary/aromatic N) is 3. The van der Waals surface area contributed by atoms with Gasteiger partial charge in [-0.3, -0.25) is 9.51 Å². The summed E-state index contributed by atoms with van der Waals surface area (Å²) in [7, 11) is 0. The smallest absolute Gasteiger partial charge is 0.439 e. The number of hydrogen-bond donors (Lipinski definition) is 1. The van der Waals surface area contributed by atoms with Gasteiger partial charge in [0, 0.05) is 23.1 Å². The molecule has 0 saturated heterocycles. The lowest BCUT2D eigenvalue weighted by Gasteiger charge is -2.21. The van der Waals surface area contributed by atoms with Crippen LogP contribution in [0.1, 0.15) is 61.6 Å². The first-order valence-electron chi connectivity index (χ1n) is 12.4. The lowest BCUT2D eigenvalue weighted by atomic mass is 9.89.